The number of fused-ring (bicyclic) bond motifs is 1. The maximum Gasteiger partial charge on any atom is 0.225 e. The van der Waals surface area contributed by atoms with E-state index in [2.05, 4.69) is 17.0 Å². The monoisotopic (exact) mass is 446 g/mol. The van der Waals surface area contributed by atoms with Gasteiger partial charge < -0.3 is 14.5 Å². The van der Waals surface area contributed by atoms with Crippen LogP contribution in [0.25, 0.3) is 16.7 Å². The predicted molar refractivity (Wildman–Crippen MR) is 126 cm³/mol. The molecule has 3 fully saturated rings. The summed E-state index contributed by atoms with van der Waals surface area (Å²) in [6.45, 7) is 6.61. The number of hydrogen-bond acceptors (Lipinski definition) is 6. The highest BCUT2D eigenvalue weighted by molar-refractivity contribution is 5.91. The molecule has 2 aromatic heterocycles. The first kappa shape index (κ1) is 20.6. The molecule has 172 valence electrons. The third-order valence-electron chi connectivity index (χ3n) is 7.11. The second-order valence-corrected chi connectivity index (χ2v) is 9.41. The summed E-state index contributed by atoms with van der Waals surface area (Å²) in [5, 5.41) is 5.89. The highest BCUT2D eigenvalue weighted by atomic mass is 16.5. The topological polar surface area (TPSA) is 76.4 Å². The smallest absolute Gasteiger partial charge is 0.225 e. The van der Waals surface area contributed by atoms with Crippen LogP contribution in [0.4, 0.5) is 5.82 Å². The quantitative estimate of drug-likeness (QED) is 0.613. The van der Waals surface area contributed by atoms with E-state index in [1.807, 2.05) is 34.7 Å². The standard InChI is InChI=1S/C25H30N6O2/c1-17-21-23(29-11-13-30(14-12-29)25(32)19-7-8-19)26-22(18-9-15-33-16-10-18)27-24(21)31(28-17)20-5-3-2-4-6-20/h2-6,18-19H,7-16H2,1H3. The molecule has 3 aliphatic rings. The molecule has 8 nitrogen and oxygen atoms in total. The van der Waals surface area contributed by atoms with Gasteiger partial charge in [0.1, 0.15) is 11.6 Å². The van der Waals surface area contributed by atoms with Gasteiger partial charge in [0, 0.05) is 51.2 Å². The van der Waals surface area contributed by atoms with Crippen molar-refractivity contribution >= 4 is 22.8 Å². The number of anilines is 1. The Morgan fingerprint density at radius 2 is 1.70 bits per heavy atom. The number of aryl methyl sites for hydroxylation is 1. The van der Waals surface area contributed by atoms with Gasteiger partial charge in [0.05, 0.1) is 16.8 Å². The molecule has 0 spiro atoms. The average molecular weight is 447 g/mol. The fourth-order valence-corrected chi connectivity index (χ4v) is 5.02. The number of piperazine rings is 1. The Bertz CT molecular complexity index is 1160. The summed E-state index contributed by atoms with van der Waals surface area (Å²) in [5.41, 5.74) is 2.79. The van der Waals surface area contributed by atoms with Crippen LogP contribution in [0.3, 0.4) is 0 Å². The first-order valence-electron chi connectivity index (χ1n) is 12.1. The van der Waals surface area contributed by atoms with E-state index < -0.39 is 0 Å². The van der Waals surface area contributed by atoms with Crippen molar-refractivity contribution in [1.29, 1.82) is 0 Å². The maximum atomic E-state index is 12.5. The largest absolute Gasteiger partial charge is 0.381 e. The number of para-hydroxylation sites is 1. The maximum absolute atomic E-state index is 12.5. The van der Waals surface area contributed by atoms with Gasteiger partial charge in [-0.3, -0.25) is 4.79 Å². The summed E-state index contributed by atoms with van der Waals surface area (Å²) in [4.78, 5) is 27.1. The van der Waals surface area contributed by atoms with Crippen molar-refractivity contribution in [2.24, 2.45) is 5.92 Å². The van der Waals surface area contributed by atoms with E-state index in [1.165, 1.54) is 0 Å². The van der Waals surface area contributed by atoms with E-state index in [4.69, 9.17) is 19.8 Å². The van der Waals surface area contributed by atoms with Gasteiger partial charge >= 0.3 is 0 Å². The van der Waals surface area contributed by atoms with E-state index in [0.717, 1.165) is 99.1 Å². The van der Waals surface area contributed by atoms with Crippen molar-refractivity contribution in [2.75, 3.05) is 44.3 Å². The van der Waals surface area contributed by atoms with Gasteiger partial charge in [0.2, 0.25) is 5.91 Å². The third kappa shape index (κ3) is 3.86. The number of hydrogen-bond donors (Lipinski definition) is 0. The first-order chi connectivity index (χ1) is 16.2. The first-order valence-corrected chi connectivity index (χ1v) is 12.1. The van der Waals surface area contributed by atoms with Crippen LogP contribution in [0.5, 0.6) is 0 Å². The number of benzene rings is 1. The van der Waals surface area contributed by atoms with E-state index in [-0.39, 0.29) is 5.92 Å². The van der Waals surface area contributed by atoms with E-state index in [1.54, 1.807) is 0 Å². The third-order valence-corrected chi connectivity index (χ3v) is 7.11. The molecule has 1 aromatic carbocycles. The molecule has 0 atom stereocenters. The number of rotatable bonds is 4. The second kappa shape index (κ2) is 8.41. The lowest BCUT2D eigenvalue weighted by Crippen LogP contribution is -2.49. The summed E-state index contributed by atoms with van der Waals surface area (Å²) in [6.07, 6.45) is 3.98. The molecule has 1 amide bonds. The number of amides is 1. The molecule has 0 bridgehead atoms. The van der Waals surface area contributed by atoms with E-state index >= 15 is 0 Å². The minimum Gasteiger partial charge on any atom is -0.381 e. The zero-order valence-corrected chi connectivity index (χ0v) is 19.1. The van der Waals surface area contributed by atoms with E-state index in [9.17, 15) is 4.79 Å². The fraction of sp³-hybridized carbons (Fsp3) is 0.520. The van der Waals surface area contributed by atoms with Crippen molar-refractivity contribution < 1.29 is 9.53 Å². The highest BCUT2D eigenvalue weighted by Crippen LogP contribution is 2.35. The van der Waals surface area contributed by atoms with Crippen molar-refractivity contribution in [2.45, 2.75) is 38.5 Å². The number of carbonyl (C=O) groups excluding carboxylic acids is 1. The molecule has 4 heterocycles. The van der Waals surface area contributed by atoms with E-state index in [0.29, 0.717) is 11.8 Å². The molecular weight excluding hydrogens is 416 g/mol. The molecule has 0 unspecified atom stereocenters. The fourth-order valence-electron chi connectivity index (χ4n) is 5.02. The molecule has 0 radical (unpaired) electrons. The minimum absolute atomic E-state index is 0.272. The Balaban J connectivity index is 1.40. The van der Waals surface area contributed by atoms with Crippen molar-refractivity contribution in [1.82, 2.24) is 24.6 Å². The molecule has 2 saturated heterocycles. The van der Waals surface area contributed by atoms with Crippen LogP contribution >= 0.6 is 0 Å². The van der Waals surface area contributed by atoms with Crippen LogP contribution in [0.2, 0.25) is 0 Å². The van der Waals surface area contributed by atoms with Gasteiger partial charge in [-0.05, 0) is 44.7 Å². The molecule has 6 rings (SSSR count). The van der Waals surface area contributed by atoms with Gasteiger partial charge in [-0.1, -0.05) is 18.2 Å². The number of aromatic nitrogens is 4. The molecule has 8 heteroatoms. The zero-order valence-electron chi connectivity index (χ0n) is 19.1. The normalized spacial score (nSPS) is 19.9. The Morgan fingerprint density at radius 1 is 0.970 bits per heavy atom. The summed E-state index contributed by atoms with van der Waals surface area (Å²) in [7, 11) is 0. The Kier molecular flexibility index (Phi) is 5.25. The van der Waals surface area contributed by atoms with Gasteiger partial charge in [0.15, 0.2) is 5.65 Å². The van der Waals surface area contributed by atoms with Crippen LogP contribution in [0.1, 0.15) is 43.1 Å². The average Bonchev–Trinajstić information content (AvgIpc) is 3.68. The lowest BCUT2D eigenvalue weighted by atomic mass is 9.99. The van der Waals surface area contributed by atoms with Gasteiger partial charge in [-0.2, -0.15) is 5.10 Å². The summed E-state index contributed by atoms with van der Waals surface area (Å²) in [5.74, 6) is 2.74. The van der Waals surface area contributed by atoms with Crippen LogP contribution in [-0.4, -0.2) is 69.9 Å². The van der Waals surface area contributed by atoms with Crippen LogP contribution in [0.15, 0.2) is 30.3 Å². The second-order valence-electron chi connectivity index (χ2n) is 9.41. The van der Waals surface area contributed by atoms with Crippen molar-refractivity contribution in [3.63, 3.8) is 0 Å². The molecule has 1 saturated carbocycles. The molecule has 3 aromatic rings. The minimum atomic E-state index is 0.272. The number of carbonyl (C=O) groups is 1. The Labute approximate surface area is 193 Å². The number of nitrogens with zero attached hydrogens (tertiary/aromatic N) is 6. The van der Waals surface area contributed by atoms with Crippen LogP contribution in [0, 0.1) is 12.8 Å². The lowest BCUT2D eigenvalue weighted by Gasteiger charge is -2.36. The SMILES string of the molecule is Cc1nn(-c2ccccc2)c2nc(C3CCOCC3)nc(N3CCN(C(=O)C4CC4)CC3)c12. The van der Waals surface area contributed by atoms with Crippen LogP contribution in [-0.2, 0) is 9.53 Å². The zero-order chi connectivity index (χ0) is 22.4. The highest BCUT2D eigenvalue weighted by Gasteiger charge is 2.35. The van der Waals surface area contributed by atoms with Gasteiger partial charge in [0.25, 0.3) is 0 Å². The summed E-state index contributed by atoms with van der Waals surface area (Å²) in [6, 6.07) is 10.2. The van der Waals surface area contributed by atoms with Crippen molar-refractivity contribution in [3.8, 4) is 5.69 Å². The predicted octanol–water partition coefficient (Wildman–Crippen LogP) is 3.08. The number of ether oxygens (including phenoxy) is 1. The molecule has 33 heavy (non-hydrogen) atoms. The molecule has 1 aliphatic carbocycles. The molecule has 2 aliphatic heterocycles. The Morgan fingerprint density at radius 3 is 2.39 bits per heavy atom. The summed E-state index contributed by atoms with van der Waals surface area (Å²) >= 11 is 0. The van der Waals surface area contributed by atoms with Gasteiger partial charge in [-0.25, -0.2) is 14.6 Å². The van der Waals surface area contributed by atoms with Crippen LogP contribution < -0.4 is 4.90 Å². The molecule has 0 N–H and O–H groups in total. The lowest BCUT2D eigenvalue weighted by molar-refractivity contribution is -0.132. The Hall–Kier alpha value is -3.00. The van der Waals surface area contributed by atoms with Gasteiger partial charge in [-0.15, -0.1) is 0 Å². The molecular formula is C25H30N6O2. The summed E-state index contributed by atoms with van der Waals surface area (Å²) < 4.78 is 7.54. The van der Waals surface area contributed by atoms with Crippen molar-refractivity contribution in [3.05, 3.63) is 41.9 Å².